The monoisotopic (exact) mass is 554 g/mol. The molecule has 42 heavy (non-hydrogen) atoms. The Bertz CT molecular complexity index is 1740. The van der Waals surface area contributed by atoms with Crippen LogP contribution in [0.25, 0.3) is 21.5 Å². The van der Waals surface area contributed by atoms with Crippen LogP contribution in [0.2, 0.25) is 0 Å². The van der Waals surface area contributed by atoms with Gasteiger partial charge in [-0.1, -0.05) is 60.7 Å². The highest BCUT2D eigenvalue weighted by atomic mass is 16.7. The van der Waals surface area contributed by atoms with Crippen molar-refractivity contribution in [2.45, 2.75) is 13.2 Å². The van der Waals surface area contributed by atoms with Crippen molar-refractivity contribution in [1.82, 2.24) is 0 Å². The molecule has 0 saturated carbocycles. The quantitative estimate of drug-likeness (QED) is 0.107. The fourth-order valence-corrected chi connectivity index (χ4v) is 4.56. The largest absolute Gasteiger partial charge is 0.455 e. The molecule has 6 nitrogen and oxygen atoms in total. The molecule has 206 valence electrons. The van der Waals surface area contributed by atoms with Gasteiger partial charge in [0, 0.05) is 6.92 Å². The minimum absolute atomic E-state index is 0.413. The Balaban J connectivity index is 1.09. The van der Waals surface area contributed by atoms with Crippen LogP contribution in [0.15, 0.2) is 133 Å². The van der Waals surface area contributed by atoms with Crippen molar-refractivity contribution in [3.8, 4) is 23.0 Å². The minimum atomic E-state index is -0.569. The first-order chi connectivity index (χ1) is 20.5. The molecule has 6 rings (SSSR count). The molecule has 0 N–H and O–H groups in total. The van der Waals surface area contributed by atoms with Crippen LogP contribution in [0.3, 0.4) is 0 Å². The summed E-state index contributed by atoms with van der Waals surface area (Å²) in [6.45, 7) is 1.82. The molecule has 0 spiro atoms. The predicted octanol–water partition coefficient (Wildman–Crippen LogP) is 8.24. The summed E-state index contributed by atoms with van der Waals surface area (Å²) < 4.78 is 22.9. The maximum atomic E-state index is 12.6. The lowest BCUT2D eigenvalue weighted by atomic mass is 10.1. The van der Waals surface area contributed by atoms with E-state index in [4.69, 9.17) is 18.9 Å². The first-order valence-corrected chi connectivity index (χ1v) is 13.5. The summed E-state index contributed by atoms with van der Waals surface area (Å²) in [7, 11) is 0. The zero-order valence-corrected chi connectivity index (χ0v) is 22.7. The van der Waals surface area contributed by atoms with E-state index in [2.05, 4.69) is 0 Å². The van der Waals surface area contributed by atoms with Gasteiger partial charge in [-0.2, -0.15) is 0 Å². The van der Waals surface area contributed by atoms with E-state index in [1.807, 2.05) is 91.9 Å². The van der Waals surface area contributed by atoms with Crippen molar-refractivity contribution in [3.05, 3.63) is 145 Å². The molecule has 0 amide bonds. The van der Waals surface area contributed by atoms with Crippen molar-refractivity contribution in [1.29, 1.82) is 0 Å². The van der Waals surface area contributed by atoms with E-state index in [0.29, 0.717) is 34.1 Å². The third-order valence-corrected chi connectivity index (χ3v) is 6.61. The summed E-state index contributed by atoms with van der Waals surface area (Å²) in [5, 5.41) is 3.62. The van der Waals surface area contributed by atoms with E-state index in [1.54, 1.807) is 48.5 Å². The van der Waals surface area contributed by atoms with Crippen molar-refractivity contribution >= 4 is 33.5 Å². The molecule has 0 radical (unpaired) electrons. The smallest absolute Gasteiger partial charge is 0.343 e. The third-order valence-electron chi connectivity index (χ3n) is 6.61. The summed E-state index contributed by atoms with van der Waals surface area (Å²) in [6.07, 6.45) is -0.569. The molecule has 0 heterocycles. The zero-order chi connectivity index (χ0) is 28.9. The fourth-order valence-electron chi connectivity index (χ4n) is 4.56. The first kappa shape index (κ1) is 26.6. The molecular formula is C36H26O6. The molecule has 6 aromatic carbocycles. The van der Waals surface area contributed by atoms with Crippen LogP contribution in [0.4, 0.5) is 0 Å². The lowest BCUT2D eigenvalue weighted by Crippen LogP contribution is -2.19. The van der Waals surface area contributed by atoms with Gasteiger partial charge in [-0.3, -0.25) is 0 Å². The number of benzene rings is 6. The van der Waals surface area contributed by atoms with Gasteiger partial charge in [-0.25, -0.2) is 9.59 Å². The Morgan fingerprint density at radius 3 is 1.26 bits per heavy atom. The Morgan fingerprint density at radius 1 is 0.452 bits per heavy atom. The zero-order valence-electron chi connectivity index (χ0n) is 22.7. The Kier molecular flexibility index (Phi) is 7.51. The summed E-state index contributed by atoms with van der Waals surface area (Å²) in [4.78, 5) is 25.1. The number of rotatable bonds is 8. The van der Waals surface area contributed by atoms with E-state index in [9.17, 15) is 9.59 Å². The third kappa shape index (κ3) is 6.24. The van der Waals surface area contributed by atoms with Gasteiger partial charge in [0.1, 0.15) is 23.0 Å². The Hall–Kier alpha value is -5.62. The first-order valence-electron chi connectivity index (χ1n) is 13.5. The molecule has 0 aliphatic rings. The van der Waals surface area contributed by atoms with Crippen molar-refractivity contribution in [2.75, 3.05) is 0 Å². The average Bonchev–Trinajstić information content (AvgIpc) is 3.01. The lowest BCUT2D eigenvalue weighted by molar-refractivity contribution is 0.0225. The SMILES string of the molecule is CC(Oc1ccc2cc(C(=O)Oc3ccccc3)ccc2c1)Oc1ccc2cc(C(=O)Oc3ccccc3)ccc2c1. The van der Waals surface area contributed by atoms with Gasteiger partial charge < -0.3 is 18.9 Å². The van der Waals surface area contributed by atoms with Crippen LogP contribution in [0, 0.1) is 0 Å². The van der Waals surface area contributed by atoms with Crippen LogP contribution in [0.1, 0.15) is 27.6 Å². The Labute approximate surface area is 242 Å². The molecule has 0 fully saturated rings. The summed E-state index contributed by atoms with van der Waals surface area (Å²) >= 11 is 0. The molecule has 0 atom stereocenters. The number of para-hydroxylation sites is 2. The topological polar surface area (TPSA) is 71.1 Å². The van der Waals surface area contributed by atoms with Crippen molar-refractivity contribution in [2.24, 2.45) is 0 Å². The van der Waals surface area contributed by atoms with Crippen LogP contribution < -0.4 is 18.9 Å². The molecule has 0 bridgehead atoms. The second-order valence-corrected chi connectivity index (χ2v) is 9.66. The molecule has 0 unspecified atom stereocenters. The van der Waals surface area contributed by atoms with Gasteiger partial charge in [-0.05, 0) is 94.3 Å². The van der Waals surface area contributed by atoms with Gasteiger partial charge in [0.15, 0.2) is 0 Å². The molecular weight excluding hydrogens is 528 g/mol. The van der Waals surface area contributed by atoms with E-state index >= 15 is 0 Å². The highest BCUT2D eigenvalue weighted by molar-refractivity contribution is 5.97. The maximum Gasteiger partial charge on any atom is 0.343 e. The summed E-state index contributed by atoms with van der Waals surface area (Å²) in [6, 6.07) is 40.0. The Morgan fingerprint density at radius 2 is 0.833 bits per heavy atom. The highest BCUT2D eigenvalue weighted by Gasteiger charge is 2.13. The number of hydrogen-bond acceptors (Lipinski definition) is 6. The normalized spacial score (nSPS) is 10.9. The fraction of sp³-hybridized carbons (Fsp3) is 0.0556. The second kappa shape index (κ2) is 11.9. The van der Waals surface area contributed by atoms with Gasteiger partial charge in [0.2, 0.25) is 6.29 Å². The number of fused-ring (bicyclic) bond motifs is 2. The van der Waals surface area contributed by atoms with Gasteiger partial charge in [-0.15, -0.1) is 0 Å². The number of hydrogen-bond donors (Lipinski definition) is 0. The number of carbonyl (C=O) groups is 2. The second-order valence-electron chi connectivity index (χ2n) is 9.66. The molecule has 0 aliphatic heterocycles. The van der Waals surface area contributed by atoms with E-state index in [-0.39, 0.29) is 0 Å². The van der Waals surface area contributed by atoms with Crippen LogP contribution >= 0.6 is 0 Å². The number of esters is 2. The van der Waals surface area contributed by atoms with E-state index in [0.717, 1.165) is 21.5 Å². The average molecular weight is 555 g/mol. The van der Waals surface area contributed by atoms with Gasteiger partial charge in [0.05, 0.1) is 11.1 Å². The number of carbonyl (C=O) groups excluding carboxylic acids is 2. The van der Waals surface area contributed by atoms with E-state index in [1.165, 1.54) is 0 Å². The molecule has 0 aromatic heterocycles. The number of ether oxygens (including phenoxy) is 4. The lowest BCUT2D eigenvalue weighted by Gasteiger charge is -2.17. The van der Waals surface area contributed by atoms with Crippen molar-refractivity contribution in [3.63, 3.8) is 0 Å². The van der Waals surface area contributed by atoms with Crippen LogP contribution in [-0.4, -0.2) is 18.2 Å². The minimum Gasteiger partial charge on any atom is -0.455 e. The van der Waals surface area contributed by atoms with E-state index < -0.39 is 18.2 Å². The van der Waals surface area contributed by atoms with Crippen LogP contribution in [-0.2, 0) is 0 Å². The molecule has 0 saturated heterocycles. The molecule has 6 heteroatoms. The highest BCUT2D eigenvalue weighted by Crippen LogP contribution is 2.27. The van der Waals surface area contributed by atoms with Gasteiger partial charge in [0.25, 0.3) is 0 Å². The standard InChI is InChI=1S/C36H26O6/c1-24(39-33-18-16-25-20-29(14-12-27(25)22-33)35(37)41-31-8-4-2-5-9-31)40-34-19-17-26-21-30(15-13-28(26)23-34)36(38)42-32-10-6-3-7-11-32/h2-24H,1H3. The summed E-state index contributed by atoms with van der Waals surface area (Å²) in [5.74, 6) is 1.45. The van der Waals surface area contributed by atoms with Crippen LogP contribution in [0.5, 0.6) is 23.0 Å². The summed E-state index contributed by atoms with van der Waals surface area (Å²) in [5.41, 5.74) is 0.932. The van der Waals surface area contributed by atoms with Gasteiger partial charge >= 0.3 is 11.9 Å². The molecule has 6 aromatic rings. The maximum absolute atomic E-state index is 12.6. The molecule has 0 aliphatic carbocycles. The predicted molar refractivity (Wildman–Crippen MR) is 161 cm³/mol. The van der Waals surface area contributed by atoms with Crippen molar-refractivity contribution < 1.29 is 28.5 Å².